The molecule has 0 bridgehead atoms. The number of para-hydroxylation sites is 1. The van der Waals surface area contributed by atoms with Gasteiger partial charge < -0.3 is 10.2 Å². The number of nitrogens with one attached hydrogen (secondary N) is 1. The molecule has 1 N–H and O–H groups in total. The molecule has 3 aromatic carbocycles. The molecule has 4 rings (SSSR count). The van der Waals surface area contributed by atoms with Crippen molar-refractivity contribution in [2.45, 2.75) is 62.9 Å². The van der Waals surface area contributed by atoms with Crippen LogP contribution in [-0.4, -0.2) is 50.3 Å². The van der Waals surface area contributed by atoms with Gasteiger partial charge in [-0.25, -0.2) is 8.42 Å². The van der Waals surface area contributed by atoms with Gasteiger partial charge in [0, 0.05) is 17.6 Å². The Morgan fingerprint density at radius 2 is 1.57 bits per heavy atom. The van der Waals surface area contributed by atoms with E-state index in [1.54, 1.807) is 32.0 Å². The second kappa shape index (κ2) is 13.3. The summed E-state index contributed by atoms with van der Waals surface area (Å²) >= 11 is 6.01. The van der Waals surface area contributed by atoms with Gasteiger partial charge in [0.1, 0.15) is 12.6 Å². The molecule has 2 amide bonds. The van der Waals surface area contributed by atoms with Gasteiger partial charge in [0.25, 0.3) is 10.0 Å². The number of anilines is 1. The molecular formula is C31H36ClN3O4S. The summed E-state index contributed by atoms with van der Waals surface area (Å²) in [5.74, 6) is -0.679. The van der Waals surface area contributed by atoms with E-state index in [4.69, 9.17) is 11.6 Å². The lowest BCUT2D eigenvalue weighted by atomic mass is 10.1. The van der Waals surface area contributed by atoms with Crippen LogP contribution in [0.15, 0.2) is 83.8 Å². The zero-order valence-electron chi connectivity index (χ0n) is 22.9. The van der Waals surface area contributed by atoms with Gasteiger partial charge in [-0.15, -0.1) is 0 Å². The molecule has 212 valence electrons. The number of sulfonamides is 1. The molecule has 7 nitrogen and oxygen atoms in total. The predicted molar refractivity (Wildman–Crippen MR) is 159 cm³/mol. The van der Waals surface area contributed by atoms with E-state index in [9.17, 15) is 18.0 Å². The van der Waals surface area contributed by atoms with Crippen molar-refractivity contribution in [3.05, 3.63) is 95.0 Å². The Balaban J connectivity index is 1.65. The van der Waals surface area contributed by atoms with Crippen LogP contribution in [0.25, 0.3) is 0 Å². The van der Waals surface area contributed by atoms with Gasteiger partial charge in [0.05, 0.1) is 10.6 Å². The average molecular weight is 582 g/mol. The summed E-state index contributed by atoms with van der Waals surface area (Å²) in [5, 5.41) is 3.50. The number of rotatable bonds is 11. The molecule has 9 heteroatoms. The van der Waals surface area contributed by atoms with Gasteiger partial charge in [-0.2, -0.15) is 0 Å². The van der Waals surface area contributed by atoms with E-state index in [1.165, 1.54) is 29.2 Å². The minimum absolute atomic E-state index is 0.0239. The van der Waals surface area contributed by atoms with Crippen LogP contribution in [0.2, 0.25) is 5.02 Å². The third kappa shape index (κ3) is 7.23. The first-order chi connectivity index (χ1) is 19.2. The minimum atomic E-state index is -4.13. The second-order valence-electron chi connectivity index (χ2n) is 10.2. The van der Waals surface area contributed by atoms with Crippen LogP contribution in [0.5, 0.6) is 0 Å². The largest absolute Gasteiger partial charge is 0.352 e. The standard InChI is InChI=1S/C31H36ClN3O4S/c1-23-10-6-9-15-29(23)35(40(38,39)28-18-16-26(32)17-19-28)22-30(36)34(21-20-25-11-4-3-5-12-25)24(2)31(37)33-27-13-7-8-14-27/h3-6,9-12,15-19,24,27H,7-8,13-14,20-22H2,1-2H3,(H,33,37)/t24-/m0/s1. The van der Waals surface area contributed by atoms with Gasteiger partial charge in [-0.1, -0.05) is 73.0 Å². The summed E-state index contributed by atoms with van der Waals surface area (Å²) in [4.78, 5) is 28.8. The number of amides is 2. The topological polar surface area (TPSA) is 86.8 Å². The van der Waals surface area contributed by atoms with Crippen molar-refractivity contribution in [1.29, 1.82) is 0 Å². The molecule has 0 aromatic heterocycles. The summed E-state index contributed by atoms with van der Waals surface area (Å²) in [7, 11) is -4.13. The van der Waals surface area contributed by atoms with Crippen molar-refractivity contribution in [3.63, 3.8) is 0 Å². The zero-order valence-corrected chi connectivity index (χ0v) is 24.5. The molecule has 0 saturated heterocycles. The van der Waals surface area contributed by atoms with Gasteiger partial charge in [0.2, 0.25) is 11.8 Å². The molecule has 0 spiro atoms. The Kier molecular flexibility index (Phi) is 9.87. The highest BCUT2D eigenvalue weighted by atomic mass is 35.5. The number of carbonyl (C=O) groups excluding carboxylic acids is 2. The van der Waals surface area contributed by atoms with Crippen LogP contribution in [0, 0.1) is 6.92 Å². The summed E-state index contributed by atoms with van der Waals surface area (Å²) in [6, 6.07) is 22.0. The molecule has 1 aliphatic carbocycles. The lowest BCUT2D eigenvalue weighted by molar-refractivity contribution is -0.139. The third-order valence-corrected chi connectivity index (χ3v) is 9.44. The molecular weight excluding hydrogens is 546 g/mol. The summed E-state index contributed by atoms with van der Waals surface area (Å²) in [6.45, 7) is 3.32. The molecule has 0 heterocycles. The van der Waals surface area contributed by atoms with Crippen molar-refractivity contribution in [1.82, 2.24) is 10.2 Å². The minimum Gasteiger partial charge on any atom is -0.352 e. The lowest BCUT2D eigenvalue weighted by Gasteiger charge is -2.33. The first-order valence-corrected chi connectivity index (χ1v) is 15.5. The number of benzene rings is 3. The van der Waals surface area contributed by atoms with Crippen LogP contribution in [0.4, 0.5) is 5.69 Å². The Morgan fingerprint density at radius 3 is 2.23 bits per heavy atom. The van der Waals surface area contributed by atoms with E-state index in [2.05, 4.69) is 5.32 Å². The number of aryl methyl sites for hydroxylation is 1. The van der Waals surface area contributed by atoms with Crippen molar-refractivity contribution in [2.75, 3.05) is 17.4 Å². The lowest BCUT2D eigenvalue weighted by Crippen LogP contribution is -2.53. The third-order valence-electron chi connectivity index (χ3n) is 7.42. The molecule has 3 aromatic rings. The Hall–Kier alpha value is -3.36. The fourth-order valence-electron chi connectivity index (χ4n) is 5.05. The van der Waals surface area contributed by atoms with Gasteiger partial charge in [0.15, 0.2) is 0 Å². The summed E-state index contributed by atoms with van der Waals surface area (Å²) < 4.78 is 28.9. The highest BCUT2D eigenvalue weighted by Crippen LogP contribution is 2.28. The van der Waals surface area contributed by atoms with Gasteiger partial charge in [-0.05, 0) is 74.6 Å². The summed E-state index contributed by atoms with van der Waals surface area (Å²) in [5.41, 5.74) is 2.13. The number of hydrogen-bond acceptors (Lipinski definition) is 4. The normalized spacial score (nSPS) is 14.5. The molecule has 1 fully saturated rings. The Morgan fingerprint density at radius 1 is 0.950 bits per heavy atom. The predicted octanol–water partition coefficient (Wildman–Crippen LogP) is 5.36. The first-order valence-electron chi connectivity index (χ1n) is 13.6. The highest BCUT2D eigenvalue weighted by molar-refractivity contribution is 7.92. The van der Waals surface area contributed by atoms with E-state index in [0.29, 0.717) is 22.7 Å². The van der Waals surface area contributed by atoms with E-state index >= 15 is 0 Å². The van der Waals surface area contributed by atoms with E-state index in [0.717, 1.165) is 35.6 Å². The van der Waals surface area contributed by atoms with E-state index in [-0.39, 0.29) is 23.4 Å². The van der Waals surface area contributed by atoms with Gasteiger partial charge >= 0.3 is 0 Å². The quantitative estimate of drug-likeness (QED) is 0.330. The molecule has 0 unspecified atom stereocenters. The van der Waals surface area contributed by atoms with Crippen molar-refractivity contribution >= 4 is 39.1 Å². The Bertz CT molecular complexity index is 1410. The van der Waals surface area contributed by atoms with Crippen LogP contribution >= 0.6 is 11.6 Å². The SMILES string of the molecule is Cc1ccccc1N(CC(=O)N(CCc1ccccc1)[C@@H](C)C(=O)NC1CCCC1)S(=O)(=O)c1ccc(Cl)cc1. The maximum Gasteiger partial charge on any atom is 0.264 e. The Labute approximate surface area is 242 Å². The summed E-state index contributed by atoms with van der Waals surface area (Å²) in [6.07, 6.45) is 4.53. The average Bonchev–Trinajstić information content (AvgIpc) is 3.46. The number of halogens is 1. The first kappa shape index (κ1) is 29.6. The molecule has 0 aliphatic heterocycles. The van der Waals surface area contributed by atoms with Crippen molar-refractivity contribution < 1.29 is 18.0 Å². The molecule has 1 atom stereocenters. The van der Waals surface area contributed by atoms with E-state index in [1.807, 2.05) is 36.4 Å². The maximum atomic E-state index is 14.0. The molecule has 1 aliphatic rings. The molecule has 1 saturated carbocycles. The van der Waals surface area contributed by atoms with Gasteiger partial charge in [-0.3, -0.25) is 13.9 Å². The van der Waals surface area contributed by atoms with E-state index < -0.39 is 28.5 Å². The van der Waals surface area contributed by atoms with Crippen LogP contribution in [-0.2, 0) is 26.0 Å². The second-order valence-corrected chi connectivity index (χ2v) is 12.5. The number of hydrogen-bond donors (Lipinski definition) is 1. The molecule has 0 radical (unpaired) electrons. The monoisotopic (exact) mass is 581 g/mol. The highest BCUT2D eigenvalue weighted by Gasteiger charge is 2.33. The number of carbonyl (C=O) groups is 2. The number of nitrogens with zero attached hydrogens (tertiary/aromatic N) is 2. The zero-order chi connectivity index (χ0) is 28.7. The molecule has 40 heavy (non-hydrogen) atoms. The van der Waals surface area contributed by atoms with Crippen molar-refractivity contribution in [3.8, 4) is 0 Å². The smallest absolute Gasteiger partial charge is 0.264 e. The maximum absolute atomic E-state index is 14.0. The van der Waals surface area contributed by atoms with Crippen molar-refractivity contribution in [2.24, 2.45) is 0 Å². The van der Waals surface area contributed by atoms with Crippen LogP contribution < -0.4 is 9.62 Å². The fraction of sp³-hybridized carbons (Fsp3) is 0.355. The van der Waals surface area contributed by atoms with Crippen LogP contribution in [0.3, 0.4) is 0 Å². The fourth-order valence-corrected chi connectivity index (χ4v) is 6.66. The van der Waals surface area contributed by atoms with Crippen LogP contribution in [0.1, 0.15) is 43.7 Å².